The van der Waals surface area contributed by atoms with Gasteiger partial charge in [-0.3, -0.25) is 9.48 Å². The monoisotopic (exact) mass is 310 g/mol. The number of morpholine rings is 1. The minimum Gasteiger partial charge on any atom is -0.370 e. The number of hydrogen-bond donors (Lipinski definition) is 1. The lowest BCUT2D eigenvalue weighted by atomic mass is 10.1. The van der Waals surface area contributed by atoms with E-state index in [1.807, 2.05) is 36.1 Å². The van der Waals surface area contributed by atoms with Gasteiger partial charge in [0, 0.05) is 55.9 Å². The minimum absolute atomic E-state index is 0.0508. The Balaban J connectivity index is 1.56. The highest BCUT2D eigenvalue weighted by Gasteiger charge is 2.28. The summed E-state index contributed by atoms with van der Waals surface area (Å²) in [5, 5.41) is 7.60. The van der Waals surface area contributed by atoms with E-state index in [1.54, 1.807) is 4.68 Å². The third-order valence-corrected chi connectivity index (χ3v) is 5.07. The molecule has 21 heavy (non-hydrogen) atoms. The molecule has 2 aliphatic heterocycles. The van der Waals surface area contributed by atoms with Crippen LogP contribution in [0.25, 0.3) is 0 Å². The van der Waals surface area contributed by atoms with Crippen LogP contribution in [-0.4, -0.2) is 64.4 Å². The maximum Gasteiger partial charge on any atom is 0.224 e. The molecule has 0 aromatic carbocycles. The number of thioether (sulfide) groups is 1. The summed E-state index contributed by atoms with van der Waals surface area (Å²) in [4.78, 5) is 14.4. The quantitative estimate of drug-likeness (QED) is 0.876. The van der Waals surface area contributed by atoms with E-state index in [9.17, 15) is 4.79 Å². The van der Waals surface area contributed by atoms with E-state index >= 15 is 0 Å². The van der Waals surface area contributed by atoms with Gasteiger partial charge in [-0.2, -0.15) is 16.9 Å². The maximum absolute atomic E-state index is 12.4. The molecule has 2 unspecified atom stereocenters. The molecule has 1 N–H and O–H groups in total. The number of carbonyl (C=O) groups excluding carboxylic acids is 1. The predicted molar refractivity (Wildman–Crippen MR) is 82.2 cm³/mol. The molecule has 1 aromatic heterocycles. The van der Waals surface area contributed by atoms with Crippen molar-refractivity contribution in [2.45, 2.75) is 18.6 Å². The van der Waals surface area contributed by atoms with E-state index < -0.39 is 0 Å². The summed E-state index contributed by atoms with van der Waals surface area (Å²) in [6.45, 7) is 2.92. The first kappa shape index (κ1) is 14.9. The molecule has 2 fully saturated rings. The number of carbonyl (C=O) groups is 1. The Morgan fingerprint density at radius 2 is 2.52 bits per heavy atom. The summed E-state index contributed by atoms with van der Waals surface area (Å²) < 4.78 is 7.55. The van der Waals surface area contributed by atoms with Crippen LogP contribution in [0.1, 0.15) is 18.1 Å². The second-order valence-corrected chi connectivity index (χ2v) is 6.73. The van der Waals surface area contributed by atoms with Gasteiger partial charge in [0.25, 0.3) is 0 Å². The van der Waals surface area contributed by atoms with E-state index in [0.29, 0.717) is 32.2 Å². The van der Waals surface area contributed by atoms with Gasteiger partial charge in [0.05, 0.1) is 19.3 Å². The largest absolute Gasteiger partial charge is 0.370 e. The summed E-state index contributed by atoms with van der Waals surface area (Å²) in [5.41, 5.74) is 1.04. The maximum atomic E-state index is 12.4. The second kappa shape index (κ2) is 6.81. The van der Waals surface area contributed by atoms with Crippen LogP contribution in [0.4, 0.5) is 0 Å². The van der Waals surface area contributed by atoms with Crippen molar-refractivity contribution >= 4 is 17.7 Å². The Hall–Kier alpha value is -1.05. The van der Waals surface area contributed by atoms with Crippen molar-refractivity contribution in [1.82, 2.24) is 20.0 Å². The standard InChI is InChI=1S/C14H22N4O2S/c1-17-8-11(7-16-17)13-9-18(3-4-20-13)14(19)6-12-10-21-5-2-15-12/h7-8,12-13,15H,2-6,9-10H2,1H3. The highest BCUT2D eigenvalue weighted by molar-refractivity contribution is 7.99. The summed E-state index contributed by atoms with van der Waals surface area (Å²) in [5.74, 6) is 2.40. The highest BCUT2D eigenvalue weighted by atomic mass is 32.2. The zero-order valence-corrected chi connectivity index (χ0v) is 13.1. The molecule has 3 rings (SSSR count). The summed E-state index contributed by atoms with van der Waals surface area (Å²) >= 11 is 1.92. The molecule has 116 valence electrons. The number of nitrogens with zero attached hydrogens (tertiary/aromatic N) is 3. The van der Waals surface area contributed by atoms with Gasteiger partial charge in [0.2, 0.25) is 5.91 Å². The van der Waals surface area contributed by atoms with Gasteiger partial charge in [-0.1, -0.05) is 0 Å². The zero-order chi connectivity index (χ0) is 14.7. The fraction of sp³-hybridized carbons (Fsp3) is 0.714. The van der Waals surface area contributed by atoms with Crippen LogP contribution in [-0.2, 0) is 16.6 Å². The molecule has 0 aliphatic carbocycles. The van der Waals surface area contributed by atoms with Crippen molar-refractivity contribution in [3.8, 4) is 0 Å². The number of hydrogen-bond acceptors (Lipinski definition) is 5. The van der Waals surface area contributed by atoms with Crippen LogP contribution >= 0.6 is 11.8 Å². The smallest absolute Gasteiger partial charge is 0.224 e. The number of amides is 1. The zero-order valence-electron chi connectivity index (χ0n) is 12.3. The van der Waals surface area contributed by atoms with Crippen molar-refractivity contribution in [1.29, 1.82) is 0 Å². The average Bonchev–Trinajstić information content (AvgIpc) is 2.95. The molecule has 2 atom stereocenters. The van der Waals surface area contributed by atoms with E-state index in [0.717, 1.165) is 23.6 Å². The summed E-state index contributed by atoms with van der Waals surface area (Å²) in [7, 11) is 1.89. The molecular formula is C14H22N4O2S. The third kappa shape index (κ3) is 3.78. The van der Waals surface area contributed by atoms with E-state index in [4.69, 9.17) is 4.74 Å². The molecule has 0 bridgehead atoms. The number of aryl methyl sites for hydroxylation is 1. The Morgan fingerprint density at radius 3 is 3.24 bits per heavy atom. The molecule has 1 aromatic rings. The molecule has 0 spiro atoms. The van der Waals surface area contributed by atoms with Crippen LogP contribution < -0.4 is 5.32 Å². The van der Waals surface area contributed by atoms with Gasteiger partial charge in [-0.15, -0.1) is 0 Å². The predicted octanol–water partition coefficient (Wildman–Crippen LogP) is 0.415. The number of aromatic nitrogens is 2. The first-order chi connectivity index (χ1) is 10.2. The normalized spacial score (nSPS) is 26.8. The molecule has 3 heterocycles. The third-order valence-electron chi connectivity index (χ3n) is 3.94. The van der Waals surface area contributed by atoms with Crippen LogP contribution in [0.2, 0.25) is 0 Å². The van der Waals surface area contributed by atoms with Gasteiger partial charge < -0.3 is 15.0 Å². The summed E-state index contributed by atoms with van der Waals surface area (Å²) in [6.07, 6.45) is 4.31. The fourth-order valence-corrected chi connectivity index (χ4v) is 3.72. The lowest BCUT2D eigenvalue weighted by Gasteiger charge is -2.34. The van der Waals surface area contributed by atoms with Crippen LogP contribution in [0.3, 0.4) is 0 Å². The molecule has 6 nitrogen and oxygen atoms in total. The van der Waals surface area contributed by atoms with Gasteiger partial charge in [0.15, 0.2) is 0 Å². The first-order valence-electron chi connectivity index (χ1n) is 7.41. The Labute approximate surface area is 129 Å². The van der Waals surface area contributed by atoms with Gasteiger partial charge in [-0.25, -0.2) is 0 Å². The number of ether oxygens (including phenoxy) is 1. The molecule has 2 aliphatic rings. The van der Waals surface area contributed by atoms with Crippen molar-refractivity contribution in [3.05, 3.63) is 18.0 Å². The fourth-order valence-electron chi connectivity index (χ4n) is 2.77. The average molecular weight is 310 g/mol. The van der Waals surface area contributed by atoms with E-state index in [1.165, 1.54) is 0 Å². The Bertz CT molecular complexity index is 487. The second-order valence-electron chi connectivity index (χ2n) is 5.58. The number of rotatable bonds is 3. The highest BCUT2D eigenvalue weighted by Crippen LogP contribution is 2.22. The lowest BCUT2D eigenvalue weighted by Crippen LogP contribution is -2.46. The topological polar surface area (TPSA) is 59.4 Å². The van der Waals surface area contributed by atoms with Gasteiger partial charge in [0.1, 0.15) is 6.10 Å². The van der Waals surface area contributed by atoms with Gasteiger partial charge >= 0.3 is 0 Å². The molecule has 1 amide bonds. The van der Waals surface area contributed by atoms with Gasteiger partial charge in [-0.05, 0) is 0 Å². The molecular weight excluding hydrogens is 288 g/mol. The van der Waals surface area contributed by atoms with Crippen LogP contribution in [0.15, 0.2) is 12.4 Å². The van der Waals surface area contributed by atoms with Crippen molar-refractivity contribution < 1.29 is 9.53 Å². The van der Waals surface area contributed by atoms with Crippen LogP contribution in [0, 0.1) is 0 Å². The molecule has 0 saturated carbocycles. The SMILES string of the molecule is Cn1cc(C2CN(C(=O)CC3CSCCN3)CCO2)cn1. The lowest BCUT2D eigenvalue weighted by molar-refractivity contribution is -0.139. The Kier molecular flexibility index (Phi) is 4.82. The molecule has 2 saturated heterocycles. The van der Waals surface area contributed by atoms with Crippen LogP contribution in [0.5, 0.6) is 0 Å². The molecule has 0 radical (unpaired) electrons. The van der Waals surface area contributed by atoms with Crippen molar-refractivity contribution in [3.63, 3.8) is 0 Å². The summed E-state index contributed by atoms with van der Waals surface area (Å²) in [6, 6.07) is 0.316. The van der Waals surface area contributed by atoms with E-state index in [-0.39, 0.29) is 12.0 Å². The van der Waals surface area contributed by atoms with E-state index in [2.05, 4.69) is 10.4 Å². The van der Waals surface area contributed by atoms with Crippen molar-refractivity contribution in [2.75, 3.05) is 37.7 Å². The van der Waals surface area contributed by atoms with Crippen molar-refractivity contribution in [2.24, 2.45) is 7.05 Å². The number of nitrogens with one attached hydrogen (secondary N) is 1. The minimum atomic E-state index is -0.0508. The molecule has 7 heteroatoms. The first-order valence-corrected chi connectivity index (χ1v) is 8.57. The Morgan fingerprint density at radius 1 is 1.62 bits per heavy atom.